The third kappa shape index (κ3) is 4.14. The van der Waals surface area contributed by atoms with Gasteiger partial charge in [0, 0.05) is 3.57 Å². The maximum atomic E-state index is 8.92. The van der Waals surface area contributed by atoms with E-state index in [1.807, 2.05) is 36.4 Å². The molecule has 0 atom stereocenters. The Morgan fingerprint density at radius 2 is 1.79 bits per heavy atom. The molecule has 0 aliphatic rings. The molecule has 3 nitrogen and oxygen atoms in total. The van der Waals surface area contributed by atoms with Gasteiger partial charge in [-0.1, -0.05) is 18.2 Å². The SMILES string of the molecule is N#Cc1ccccc1OCCOc1cccc(I)c1. The summed E-state index contributed by atoms with van der Waals surface area (Å²) in [7, 11) is 0. The number of rotatable bonds is 5. The summed E-state index contributed by atoms with van der Waals surface area (Å²) in [6.45, 7) is 0.851. The third-order valence-electron chi connectivity index (χ3n) is 2.41. The first-order chi connectivity index (χ1) is 9.29. The number of hydrogen-bond acceptors (Lipinski definition) is 3. The van der Waals surface area contributed by atoms with Crippen LogP contribution >= 0.6 is 22.6 Å². The van der Waals surface area contributed by atoms with Crippen molar-refractivity contribution in [1.82, 2.24) is 0 Å². The highest BCUT2D eigenvalue weighted by Gasteiger charge is 2.01. The molecule has 4 heteroatoms. The van der Waals surface area contributed by atoms with Gasteiger partial charge in [0.1, 0.15) is 30.8 Å². The molecule has 0 aliphatic heterocycles. The Kier molecular flexibility index (Phi) is 5.04. The van der Waals surface area contributed by atoms with E-state index in [1.165, 1.54) is 0 Å². The molecule has 0 saturated carbocycles. The predicted octanol–water partition coefficient (Wildman–Crippen LogP) is 3.62. The molecule has 0 amide bonds. The standard InChI is InChI=1S/C15H12INO2/c16-13-5-3-6-14(10-13)18-8-9-19-15-7-2-1-4-12(15)11-17/h1-7,10H,8-9H2. The monoisotopic (exact) mass is 365 g/mol. The van der Waals surface area contributed by atoms with Crippen LogP contribution in [0.5, 0.6) is 11.5 Å². The number of nitrogens with zero attached hydrogens (tertiary/aromatic N) is 1. The Morgan fingerprint density at radius 1 is 1.00 bits per heavy atom. The fraction of sp³-hybridized carbons (Fsp3) is 0.133. The van der Waals surface area contributed by atoms with E-state index >= 15 is 0 Å². The largest absolute Gasteiger partial charge is 0.490 e. The Hall–Kier alpha value is -1.74. The molecule has 0 aromatic heterocycles. The highest BCUT2D eigenvalue weighted by molar-refractivity contribution is 14.1. The smallest absolute Gasteiger partial charge is 0.137 e. The molecular formula is C15H12INO2. The minimum absolute atomic E-state index is 0.407. The van der Waals surface area contributed by atoms with E-state index in [9.17, 15) is 0 Å². The Labute approximate surface area is 125 Å². The van der Waals surface area contributed by atoms with Crippen molar-refractivity contribution in [1.29, 1.82) is 5.26 Å². The van der Waals surface area contributed by atoms with E-state index in [4.69, 9.17) is 14.7 Å². The third-order valence-corrected chi connectivity index (χ3v) is 3.08. The molecule has 0 aliphatic carbocycles. The van der Waals surface area contributed by atoms with Crippen molar-refractivity contribution in [3.63, 3.8) is 0 Å². The molecule has 0 unspecified atom stereocenters. The van der Waals surface area contributed by atoms with Crippen LogP contribution < -0.4 is 9.47 Å². The normalized spacial score (nSPS) is 9.68. The molecule has 0 N–H and O–H groups in total. The first kappa shape index (κ1) is 13.7. The quantitative estimate of drug-likeness (QED) is 0.601. The van der Waals surface area contributed by atoms with Gasteiger partial charge in [-0.3, -0.25) is 0 Å². The molecule has 2 rings (SSSR count). The van der Waals surface area contributed by atoms with Crippen molar-refractivity contribution in [3.8, 4) is 17.6 Å². The van der Waals surface area contributed by atoms with Crippen molar-refractivity contribution in [3.05, 3.63) is 57.7 Å². The van der Waals surface area contributed by atoms with Gasteiger partial charge in [-0.05, 0) is 52.9 Å². The van der Waals surface area contributed by atoms with Gasteiger partial charge in [-0.25, -0.2) is 0 Å². The van der Waals surface area contributed by atoms with E-state index < -0.39 is 0 Å². The van der Waals surface area contributed by atoms with Crippen LogP contribution in [0.4, 0.5) is 0 Å². The molecule has 0 radical (unpaired) electrons. The highest BCUT2D eigenvalue weighted by atomic mass is 127. The lowest BCUT2D eigenvalue weighted by Gasteiger charge is -2.09. The van der Waals surface area contributed by atoms with Crippen LogP contribution in [0.25, 0.3) is 0 Å². The van der Waals surface area contributed by atoms with Crippen molar-refractivity contribution in [2.45, 2.75) is 0 Å². The Bertz CT molecular complexity index is 593. The average molecular weight is 365 g/mol. The number of hydrogen-bond donors (Lipinski definition) is 0. The summed E-state index contributed by atoms with van der Waals surface area (Å²) in [6, 6.07) is 17.1. The summed E-state index contributed by atoms with van der Waals surface area (Å²) in [5.41, 5.74) is 0.539. The minimum atomic E-state index is 0.407. The van der Waals surface area contributed by atoms with Crippen LogP contribution in [0, 0.1) is 14.9 Å². The highest BCUT2D eigenvalue weighted by Crippen LogP contribution is 2.17. The lowest BCUT2D eigenvalue weighted by Crippen LogP contribution is -2.09. The van der Waals surface area contributed by atoms with Gasteiger partial charge in [0.05, 0.1) is 5.56 Å². The van der Waals surface area contributed by atoms with E-state index in [0.717, 1.165) is 9.32 Å². The lowest BCUT2D eigenvalue weighted by atomic mass is 10.2. The number of ether oxygens (including phenoxy) is 2. The molecule has 0 spiro atoms. The van der Waals surface area contributed by atoms with E-state index in [2.05, 4.69) is 28.7 Å². The average Bonchev–Trinajstić information content (AvgIpc) is 2.44. The van der Waals surface area contributed by atoms with E-state index in [1.54, 1.807) is 12.1 Å². The number of para-hydroxylation sites is 1. The van der Waals surface area contributed by atoms with Crippen LogP contribution in [0.15, 0.2) is 48.5 Å². The zero-order valence-corrected chi connectivity index (χ0v) is 12.3. The Morgan fingerprint density at radius 3 is 2.58 bits per heavy atom. The molecule has 0 saturated heterocycles. The molecule has 96 valence electrons. The first-order valence-corrected chi connectivity index (χ1v) is 6.88. The molecule has 0 heterocycles. The second-order valence-electron chi connectivity index (χ2n) is 3.76. The summed E-state index contributed by atoms with van der Waals surface area (Å²) in [4.78, 5) is 0. The van der Waals surface area contributed by atoms with Crippen LogP contribution in [0.3, 0.4) is 0 Å². The van der Waals surface area contributed by atoms with Crippen molar-refractivity contribution < 1.29 is 9.47 Å². The van der Waals surface area contributed by atoms with Gasteiger partial charge in [-0.2, -0.15) is 5.26 Å². The molecule has 0 bridgehead atoms. The van der Waals surface area contributed by atoms with Crippen molar-refractivity contribution in [2.75, 3.05) is 13.2 Å². The van der Waals surface area contributed by atoms with Crippen LogP contribution in [-0.2, 0) is 0 Å². The maximum Gasteiger partial charge on any atom is 0.137 e. The van der Waals surface area contributed by atoms with Crippen molar-refractivity contribution >= 4 is 22.6 Å². The summed E-state index contributed by atoms with van der Waals surface area (Å²) >= 11 is 2.24. The fourth-order valence-electron chi connectivity index (χ4n) is 1.55. The van der Waals surface area contributed by atoms with Crippen molar-refractivity contribution in [2.24, 2.45) is 0 Å². The van der Waals surface area contributed by atoms with Crippen LogP contribution in [0.2, 0.25) is 0 Å². The summed E-state index contributed by atoms with van der Waals surface area (Å²) in [5, 5.41) is 8.92. The predicted molar refractivity (Wildman–Crippen MR) is 81.3 cm³/mol. The van der Waals surface area contributed by atoms with Gasteiger partial charge < -0.3 is 9.47 Å². The Balaban J connectivity index is 1.83. The van der Waals surface area contributed by atoms with Gasteiger partial charge in [0.2, 0.25) is 0 Å². The zero-order valence-electron chi connectivity index (χ0n) is 10.2. The van der Waals surface area contributed by atoms with Gasteiger partial charge >= 0.3 is 0 Å². The van der Waals surface area contributed by atoms with Gasteiger partial charge in [0.15, 0.2) is 0 Å². The first-order valence-electron chi connectivity index (χ1n) is 5.80. The number of halogens is 1. The zero-order chi connectivity index (χ0) is 13.5. The summed E-state index contributed by atoms with van der Waals surface area (Å²) in [5.74, 6) is 1.42. The summed E-state index contributed by atoms with van der Waals surface area (Å²) < 4.78 is 12.2. The van der Waals surface area contributed by atoms with Crippen LogP contribution in [-0.4, -0.2) is 13.2 Å². The second-order valence-corrected chi connectivity index (χ2v) is 5.01. The molecule has 2 aromatic rings. The van der Waals surface area contributed by atoms with Crippen LogP contribution in [0.1, 0.15) is 5.56 Å². The number of benzene rings is 2. The minimum Gasteiger partial charge on any atom is -0.490 e. The molecule has 2 aromatic carbocycles. The fourth-order valence-corrected chi connectivity index (χ4v) is 2.07. The van der Waals surface area contributed by atoms with Gasteiger partial charge in [0.25, 0.3) is 0 Å². The van der Waals surface area contributed by atoms with E-state index in [-0.39, 0.29) is 0 Å². The molecule has 19 heavy (non-hydrogen) atoms. The molecular weight excluding hydrogens is 353 g/mol. The topological polar surface area (TPSA) is 42.2 Å². The number of nitriles is 1. The molecule has 0 fully saturated rings. The lowest BCUT2D eigenvalue weighted by molar-refractivity contribution is 0.216. The second kappa shape index (κ2) is 7.00. The summed E-state index contributed by atoms with van der Waals surface area (Å²) in [6.07, 6.45) is 0. The maximum absolute atomic E-state index is 8.92. The van der Waals surface area contributed by atoms with E-state index in [0.29, 0.717) is 24.5 Å². The van der Waals surface area contributed by atoms with Gasteiger partial charge in [-0.15, -0.1) is 0 Å².